The summed E-state index contributed by atoms with van der Waals surface area (Å²) in [6, 6.07) is 5.61. The van der Waals surface area contributed by atoms with Gasteiger partial charge in [-0.05, 0) is 74.1 Å². The van der Waals surface area contributed by atoms with Gasteiger partial charge in [0.1, 0.15) is 50.2 Å². The normalized spacial score (nSPS) is 22.0. The van der Waals surface area contributed by atoms with E-state index >= 15 is 0 Å². The van der Waals surface area contributed by atoms with Crippen LogP contribution in [0, 0.1) is 5.92 Å². The second-order valence-corrected chi connectivity index (χ2v) is 28.2. The Morgan fingerprint density at radius 2 is 1.69 bits per heavy atom. The fraction of sp³-hybridized carbons (Fsp3) is 0.585. The molecule has 0 saturated heterocycles. The Hall–Kier alpha value is -4.02. The summed E-state index contributed by atoms with van der Waals surface area (Å²) < 4.78 is 24.0. The summed E-state index contributed by atoms with van der Waals surface area (Å²) >= 11 is 0. The van der Waals surface area contributed by atoms with Gasteiger partial charge in [-0.3, -0.25) is 9.59 Å². The first-order valence-electron chi connectivity index (χ1n) is 19.4. The molecule has 0 spiro atoms. The van der Waals surface area contributed by atoms with Crippen LogP contribution in [0.25, 0.3) is 6.08 Å². The molecule has 3 heterocycles. The van der Waals surface area contributed by atoms with Gasteiger partial charge in [-0.2, -0.15) is 0 Å². The molecular weight excluding hydrogens is 735 g/mol. The van der Waals surface area contributed by atoms with Gasteiger partial charge in [0.25, 0.3) is 0 Å². The highest BCUT2D eigenvalue weighted by Gasteiger charge is 2.55. The fourth-order valence-electron chi connectivity index (χ4n) is 7.63. The first-order chi connectivity index (χ1) is 25.5. The number of esters is 2. The van der Waals surface area contributed by atoms with Crippen molar-refractivity contribution < 1.29 is 42.9 Å². The molecule has 3 aliphatic heterocycles. The monoisotopic (exact) mass is 793 g/mol. The van der Waals surface area contributed by atoms with Gasteiger partial charge >= 0.3 is 18.0 Å². The fourth-order valence-corrected chi connectivity index (χ4v) is 9.25. The number of alkyl carbamates (subject to hydrolysis) is 1. The molecule has 0 saturated carbocycles. The quantitative estimate of drug-likeness (QED) is 0.0705. The van der Waals surface area contributed by atoms with E-state index in [4.69, 9.17) is 18.9 Å². The molecule has 5 rings (SSSR count). The van der Waals surface area contributed by atoms with Crippen LogP contribution in [0.15, 0.2) is 46.6 Å². The molecule has 1 aliphatic carbocycles. The molecule has 4 aliphatic rings. The summed E-state index contributed by atoms with van der Waals surface area (Å²) in [7, 11) is -4.45. The topological polar surface area (TPSA) is 150 Å². The van der Waals surface area contributed by atoms with E-state index in [0.29, 0.717) is 31.6 Å². The van der Waals surface area contributed by atoms with Crippen LogP contribution >= 0.6 is 0 Å². The SMILES string of the molecule is CCC1(OC(=O)CCCNC(=O)OC(C)(C)C)C2=C(COC1CC(=O)[Si](C)(C)C)C(CC(=O)[Si](C)(C)C)C1=C(C2)NC2=Cc3cc(OC(C)=O)ccc3CN21. The molecule has 1 aromatic rings. The van der Waals surface area contributed by atoms with Crippen molar-refractivity contribution in [3.8, 4) is 5.75 Å². The van der Waals surface area contributed by atoms with Crippen LogP contribution in [-0.2, 0) is 39.9 Å². The minimum absolute atomic E-state index is 0.0346. The van der Waals surface area contributed by atoms with Crippen molar-refractivity contribution >= 4 is 51.1 Å². The van der Waals surface area contributed by atoms with Gasteiger partial charge in [0, 0.05) is 63.0 Å². The number of amides is 1. The molecule has 55 heavy (non-hydrogen) atoms. The number of nitrogens with zero attached hydrogens (tertiary/aromatic N) is 1. The molecule has 0 fully saturated rings. The van der Waals surface area contributed by atoms with E-state index in [1.807, 2.05) is 44.8 Å². The van der Waals surface area contributed by atoms with Crippen molar-refractivity contribution in [2.24, 2.45) is 5.92 Å². The molecule has 12 nitrogen and oxygen atoms in total. The highest BCUT2D eigenvalue weighted by Crippen LogP contribution is 2.52. The largest absolute Gasteiger partial charge is 0.452 e. The van der Waals surface area contributed by atoms with Crippen LogP contribution in [0.4, 0.5) is 4.79 Å². The summed E-state index contributed by atoms with van der Waals surface area (Å²) in [4.78, 5) is 67.7. The molecule has 1 amide bonds. The average molecular weight is 794 g/mol. The molecule has 0 radical (unpaired) electrons. The van der Waals surface area contributed by atoms with Crippen molar-refractivity contribution in [1.29, 1.82) is 0 Å². The van der Waals surface area contributed by atoms with Crippen molar-refractivity contribution in [3.05, 3.63) is 57.7 Å². The van der Waals surface area contributed by atoms with E-state index in [9.17, 15) is 24.0 Å². The smallest absolute Gasteiger partial charge is 0.407 e. The highest BCUT2D eigenvalue weighted by atomic mass is 28.3. The maximum atomic E-state index is 14.0. The third kappa shape index (κ3) is 9.51. The number of nitrogens with one attached hydrogen (secondary N) is 2. The molecule has 2 N–H and O–H groups in total. The van der Waals surface area contributed by atoms with Crippen LogP contribution in [0.1, 0.15) is 84.3 Å². The first kappa shape index (κ1) is 42.1. The van der Waals surface area contributed by atoms with E-state index in [2.05, 4.69) is 35.2 Å². The van der Waals surface area contributed by atoms with Gasteiger partial charge < -0.3 is 44.1 Å². The highest BCUT2D eigenvalue weighted by molar-refractivity contribution is 7.03. The number of ether oxygens (including phenoxy) is 4. The van der Waals surface area contributed by atoms with Crippen LogP contribution in [0.3, 0.4) is 0 Å². The molecule has 1 aromatic carbocycles. The average Bonchev–Trinajstić information content (AvgIpc) is 3.41. The van der Waals surface area contributed by atoms with Gasteiger partial charge in [0.05, 0.1) is 6.61 Å². The predicted molar refractivity (Wildman–Crippen MR) is 215 cm³/mol. The van der Waals surface area contributed by atoms with E-state index in [-0.39, 0.29) is 49.1 Å². The lowest BCUT2D eigenvalue weighted by Gasteiger charge is -2.49. The van der Waals surface area contributed by atoms with Crippen LogP contribution in [0.2, 0.25) is 39.3 Å². The second-order valence-electron chi connectivity index (χ2n) is 18.1. The van der Waals surface area contributed by atoms with Crippen molar-refractivity contribution in [1.82, 2.24) is 15.5 Å². The summed E-state index contributed by atoms with van der Waals surface area (Å²) in [5, 5.41) is 6.73. The summed E-state index contributed by atoms with van der Waals surface area (Å²) in [6.07, 6.45) is 2.32. The van der Waals surface area contributed by atoms with Crippen LogP contribution in [-0.4, -0.2) is 80.4 Å². The minimum atomic E-state index is -2.23. The predicted octanol–water partition coefficient (Wildman–Crippen LogP) is 6.93. The second kappa shape index (κ2) is 15.9. The van der Waals surface area contributed by atoms with Gasteiger partial charge in [-0.25, -0.2) is 4.79 Å². The van der Waals surface area contributed by atoms with Gasteiger partial charge in [-0.15, -0.1) is 0 Å². The molecule has 3 atom stereocenters. The number of benzene rings is 1. The zero-order valence-electron chi connectivity index (χ0n) is 34.4. The zero-order chi connectivity index (χ0) is 40.7. The van der Waals surface area contributed by atoms with Gasteiger partial charge in [-0.1, -0.05) is 52.3 Å². The summed E-state index contributed by atoms with van der Waals surface area (Å²) in [5.74, 6) is 0.135. The van der Waals surface area contributed by atoms with Crippen molar-refractivity contribution in [3.63, 3.8) is 0 Å². The van der Waals surface area contributed by atoms with Crippen molar-refractivity contribution in [2.45, 2.75) is 136 Å². The van der Waals surface area contributed by atoms with E-state index in [1.54, 1.807) is 26.8 Å². The standard InChI is InChI=1S/C41H59N3O9Si2/c1-12-41(52-35(46)14-13-17-42-39(49)53-40(3,4)5)31-21-32-38(44-23-26-15-16-28(51-25(2)45)18-27(26)19-34(44)43-32)29(20-36(47)54(6,7)8)30(31)24-50-33(41)22-37(48)55(9,10)11/h15-16,18-19,29,33,43H,12-14,17,20-24H2,1-11H3,(H,42,49). The third-order valence-electron chi connectivity index (χ3n) is 10.6. The number of hydrogen-bond donors (Lipinski definition) is 2. The third-order valence-corrected chi connectivity index (χ3v) is 14.4. The Labute approximate surface area is 327 Å². The maximum absolute atomic E-state index is 14.0. The number of rotatable bonds is 13. The van der Waals surface area contributed by atoms with Crippen LogP contribution < -0.4 is 15.4 Å². The molecule has 0 aromatic heterocycles. The van der Waals surface area contributed by atoms with E-state index in [0.717, 1.165) is 39.5 Å². The Morgan fingerprint density at radius 3 is 2.31 bits per heavy atom. The Balaban J connectivity index is 1.51. The number of allylic oxidation sites excluding steroid dienone is 2. The summed E-state index contributed by atoms with van der Waals surface area (Å²) in [6.45, 7) is 21.9. The lowest BCUT2D eigenvalue weighted by atomic mass is 9.70. The van der Waals surface area contributed by atoms with Gasteiger partial charge in [0.15, 0.2) is 5.60 Å². The molecular formula is C41H59N3O9Si2. The van der Waals surface area contributed by atoms with Gasteiger partial charge in [0.2, 0.25) is 0 Å². The lowest BCUT2D eigenvalue weighted by molar-refractivity contribution is -0.178. The molecule has 300 valence electrons. The molecule has 14 heteroatoms. The van der Waals surface area contributed by atoms with E-state index in [1.165, 1.54) is 6.92 Å². The number of carbonyl (C=O) groups is 5. The molecule has 0 bridgehead atoms. The number of hydrogen-bond acceptors (Lipinski definition) is 11. The lowest BCUT2D eigenvalue weighted by Crippen LogP contribution is -2.56. The molecule has 3 unspecified atom stereocenters. The number of fused-ring (bicyclic) bond motifs is 3. The van der Waals surface area contributed by atoms with Crippen molar-refractivity contribution in [2.75, 3.05) is 13.2 Å². The minimum Gasteiger partial charge on any atom is -0.452 e. The number of carbonyl (C=O) groups excluding carboxylic acids is 5. The zero-order valence-corrected chi connectivity index (χ0v) is 36.4. The van der Waals surface area contributed by atoms with Crippen LogP contribution in [0.5, 0.6) is 5.75 Å². The Morgan fingerprint density at radius 1 is 1.02 bits per heavy atom. The Bertz CT molecular complexity index is 1850. The summed E-state index contributed by atoms with van der Waals surface area (Å²) in [5.41, 5.74) is 3.85. The Kier molecular flexibility index (Phi) is 12.1. The maximum Gasteiger partial charge on any atom is 0.407 e. The first-order valence-corrected chi connectivity index (χ1v) is 26.4. The van der Waals surface area contributed by atoms with E-state index < -0.39 is 51.5 Å².